The summed E-state index contributed by atoms with van der Waals surface area (Å²) in [5.74, 6) is 0. The summed E-state index contributed by atoms with van der Waals surface area (Å²) in [6, 6.07) is 34.5. The van der Waals surface area contributed by atoms with E-state index in [2.05, 4.69) is 9.97 Å². The van der Waals surface area contributed by atoms with Crippen LogP contribution in [0.5, 0.6) is 0 Å². The Hall–Kier alpha value is -7.10. The van der Waals surface area contributed by atoms with Gasteiger partial charge in [0.05, 0.1) is 32.6 Å². The fraction of sp³-hybridized carbons (Fsp3) is 0. The van der Waals surface area contributed by atoms with E-state index in [0.29, 0.717) is 61.9 Å². The Kier molecular flexibility index (Phi) is 8.71. The first-order chi connectivity index (χ1) is 27.8. The average molecular weight is 805 g/mol. The van der Waals surface area contributed by atoms with Gasteiger partial charge in [0, 0.05) is 55.7 Å². The molecule has 0 fully saturated rings. The molecule has 0 spiro atoms. The Balaban J connectivity index is 1.44. The van der Waals surface area contributed by atoms with E-state index in [-0.39, 0.29) is 9.79 Å². The molecule has 14 heteroatoms. The molecular formula is C44H32N6O6S2. The number of hydrogen-bond acceptors (Lipinski definition) is 8. The number of aromatic amines is 2. The number of anilines is 2. The monoisotopic (exact) mass is 804 g/mol. The van der Waals surface area contributed by atoms with Crippen LogP contribution in [0.4, 0.5) is 11.4 Å². The standard InChI is InChI=1S/C44H32N6O6S2/c45-29-9-1-25(2-10-29)41-33-17-21-37(47-33)43(27-5-13-31(14-6-27)57(51,52)53)39-23-19-35(49-39)42(26-3-11-30(46)12-4-26)36-20-24-40(50-36)44(38-22-18-34(41)48-38)28-7-15-32(16-8-28)58(54,55)56/h1-24,47,49H,45-46H2,(H,51,52,53)(H,54,55,56). The highest BCUT2D eigenvalue weighted by molar-refractivity contribution is 7.86. The largest absolute Gasteiger partial charge is 0.399 e. The molecule has 58 heavy (non-hydrogen) atoms. The number of fused-ring (bicyclic) bond motifs is 8. The lowest BCUT2D eigenvalue weighted by molar-refractivity contribution is 0.481. The maximum absolute atomic E-state index is 12.0. The molecule has 3 aromatic heterocycles. The van der Waals surface area contributed by atoms with Crippen molar-refractivity contribution in [1.82, 2.24) is 19.9 Å². The highest BCUT2D eigenvalue weighted by Crippen LogP contribution is 2.39. The molecule has 12 nitrogen and oxygen atoms in total. The average Bonchev–Trinajstić information content (AvgIpc) is 4.04. The summed E-state index contributed by atoms with van der Waals surface area (Å²) in [6.45, 7) is 0. The Morgan fingerprint density at radius 2 is 0.655 bits per heavy atom. The Labute approximate surface area is 332 Å². The Morgan fingerprint density at radius 1 is 0.379 bits per heavy atom. The molecule has 4 aromatic carbocycles. The van der Waals surface area contributed by atoms with Crippen LogP contribution >= 0.6 is 0 Å². The van der Waals surface area contributed by atoms with Crippen LogP contribution < -0.4 is 11.5 Å². The zero-order chi connectivity index (χ0) is 40.3. The third-order valence-corrected chi connectivity index (χ3v) is 11.8. The van der Waals surface area contributed by atoms with Crippen LogP contribution in [0.1, 0.15) is 22.8 Å². The minimum Gasteiger partial charge on any atom is -0.399 e. The predicted molar refractivity (Wildman–Crippen MR) is 229 cm³/mol. The summed E-state index contributed by atoms with van der Waals surface area (Å²) in [6.07, 6.45) is 7.56. The van der Waals surface area contributed by atoms with Crippen LogP contribution in [-0.4, -0.2) is 45.9 Å². The summed E-state index contributed by atoms with van der Waals surface area (Å²) >= 11 is 0. The number of benzene rings is 4. The van der Waals surface area contributed by atoms with Gasteiger partial charge in [-0.25, -0.2) is 9.97 Å². The first-order valence-electron chi connectivity index (χ1n) is 17.8. The summed E-state index contributed by atoms with van der Waals surface area (Å²) in [4.78, 5) is 17.1. The third-order valence-electron chi connectivity index (χ3n) is 10.0. The molecular weight excluding hydrogens is 773 g/mol. The first kappa shape index (κ1) is 36.5. The number of nitrogen functional groups attached to an aromatic ring is 2. The summed E-state index contributed by atoms with van der Waals surface area (Å²) in [7, 11) is -8.88. The van der Waals surface area contributed by atoms with Crippen molar-refractivity contribution in [2.24, 2.45) is 0 Å². The molecule has 9 rings (SSSR count). The number of rotatable bonds is 6. The molecule has 2 aliphatic rings. The number of hydrogen-bond donors (Lipinski definition) is 6. The predicted octanol–water partition coefficient (Wildman–Crippen LogP) is 8.98. The van der Waals surface area contributed by atoms with Crippen molar-refractivity contribution >= 4 is 78.0 Å². The van der Waals surface area contributed by atoms with E-state index in [1.54, 1.807) is 24.3 Å². The maximum atomic E-state index is 12.0. The van der Waals surface area contributed by atoms with Crippen LogP contribution in [0.15, 0.2) is 131 Å². The fourth-order valence-corrected chi connectivity index (χ4v) is 8.27. The molecule has 0 unspecified atom stereocenters. The second-order valence-electron chi connectivity index (χ2n) is 13.7. The van der Waals surface area contributed by atoms with Crippen molar-refractivity contribution in [3.05, 3.63) is 144 Å². The quantitative estimate of drug-likeness (QED) is 0.0692. The third kappa shape index (κ3) is 6.75. The van der Waals surface area contributed by atoms with E-state index in [4.69, 9.17) is 21.4 Å². The molecule has 0 radical (unpaired) electrons. The van der Waals surface area contributed by atoms with Crippen molar-refractivity contribution in [1.29, 1.82) is 0 Å². The first-order valence-corrected chi connectivity index (χ1v) is 20.7. The van der Waals surface area contributed by atoms with Crippen LogP contribution in [0.2, 0.25) is 0 Å². The van der Waals surface area contributed by atoms with Crippen molar-refractivity contribution in [2.75, 3.05) is 11.5 Å². The second-order valence-corrected chi connectivity index (χ2v) is 16.6. The Morgan fingerprint density at radius 3 is 1.00 bits per heavy atom. The lowest BCUT2D eigenvalue weighted by atomic mass is 10.0. The van der Waals surface area contributed by atoms with Gasteiger partial charge in [-0.3, -0.25) is 9.11 Å². The highest BCUT2D eigenvalue weighted by atomic mass is 32.2. The number of nitrogens with one attached hydrogen (secondary N) is 2. The summed E-state index contributed by atoms with van der Waals surface area (Å²) in [5, 5.41) is 0. The van der Waals surface area contributed by atoms with E-state index in [1.807, 2.05) is 97.1 Å². The normalized spacial score (nSPS) is 12.6. The minimum absolute atomic E-state index is 0.232. The summed E-state index contributed by atoms with van der Waals surface area (Å²) in [5.41, 5.74) is 24.4. The van der Waals surface area contributed by atoms with E-state index >= 15 is 0 Å². The van der Waals surface area contributed by atoms with Gasteiger partial charge < -0.3 is 21.4 Å². The molecule has 0 atom stereocenters. The van der Waals surface area contributed by atoms with Gasteiger partial charge in [0.25, 0.3) is 20.2 Å². The fourth-order valence-electron chi connectivity index (χ4n) is 7.31. The van der Waals surface area contributed by atoms with Crippen molar-refractivity contribution in [2.45, 2.75) is 9.79 Å². The molecule has 286 valence electrons. The van der Waals surface area contributed by atoms with Crippen molar-refractivity contribution < 1.29 is 25.9 Å². The topological polar surface area (TPSA) is 218 Å². The van der Waals surface area contributed by atoms with Crippen LogP contribution in [0.3, 0.4) is 0 Å². The van der Waals surface area contributed by atoms with E-state index in [0.717, 1.165) is 38.9 Å². The maximum Gasteiger partial charge on any atom is 0.294 e. The van der Waals surface area contributed by atoms with Gasteiger partial charge in [-0.1, -0.05) is 48.5 Å². The highest BCUT2D eigenvalue weighted by Gasteiger charge is 2.21. The number of nitrogens with two attached hydrogens (primary N) is 2. The van der Waals surface area contributed by atoms with Crippen LogP contribution in [0.25, 0.3) is 90.9 Å². The van der Waals surface area contributed by atoms with Gasteiger partial charge in [0.2, 0.25) is 0 Å². The van der Waals surface area contributed by atoms with Crippen LogP contribution in [0, 0.1) is 0 Å². The van der Waals surface area contributed by atoms with Gasteiger partial charge in [-0.05, 0) is 119 Å². The van der Waals surface area contributed by atoms with Gasteiger partial charge in [0.1, 0.15) is 0 Å². The van der Waals surface area contributed by atoms with Crippen molar-refractivity contribution in [3.63, 3.8) is 0 Å². The van der Waals surface area contributed by atoms with E-state index in [9.17, 15) is 25.9 Å². The zero-order valence-corrected chi connectivity index (χ0v) is 31.9. The van der Waals surface area contributed by atoms with Gasteiger partial charge >= 0.3 is 0 Å². The lowest BCUT2D eigenvalue weighted by Gasteiger charge is -2.08. The number of nitrogens with zero attached hydrogens (tertiary/aromatic N) is 2. The molecule has 7 aromatic rings. The molecule has 5 heterocycles. The van der Waals surface area contributed by atoms with Gasteiger partial charge in [-0.2, -0.15) is 16.8 Å². The van der Waals surface area contributed by atoms with E-state index in [1.165, 1.54) is 24.3 Å². The molecule has 2 aliphatic heterocycles. The lowest BCUT2D eigenvalue weighted by Crippen LogP contribution is -1.98. The molecule has 0 saturated heterocycles. The molecule has 8 N–H and O–H groups in total. The molecule has 8 bridgehead atoms. The van der Waals surface area contributed by atoms with Crippen molar-refractivity contribution in [3.8, 4) is 44.5 Å². The van der Waals surface area contributed by atoms with Gasteiger partial charge in [-0.15, -0.1) is 0 Å². The number of aromatic nitrogens is 4. The zero-order valence-electron chi connectivity index (χ0n) is 30.2. The summed E-state index contributed by atoms with van der Waals surface area (Å²) < 4.78 is 67.5. The van der Waals surface area contributed by atoms with Gasteiger partial charge in [0.15, 0.2) is 0 Å². The van der Waals surface area contributed by atoms with Crippen LogP contribution in [-0.2, 0) is 20.2 Å². The minimum atomic E-state index is -4.44. The SMILES string of the molecule is Nc1ccc(-c2c3nc(c(-c4ccc(S(=O)(=O)O)cc4)c4nc(c(-c5ccc(N)cc5)c5ccc([nH]5)c(-c5ccc(S(=O)(=O)O)cc5)c5ccc2[nH]5)C=C4)C=C3)cc1. The Bertz CT molecular complexity index is 3120. The second kappa shape index (κ2) is 13.8. The molecule has 0 saturated carbocycles. The van der Waals surface area contributed by atoms with E-state index < -0.39 is 20.2 Å². The molecule has 0 amide bonds. The number of H-pyrrole nitrogens is 2. The molecule has 0 aliphatic carbocycles. The smallest absolute Gasteiger partial charge is 0.294 e.